The molecule has 0 aliphatic rings. The zero-order chi connectivity index (χ0) is 13.7. The second-order valence-electron chi connectivity index (χ2n) is 4.16. The van der Waals surface area contributed by atoms with Crippen molar-refractivity contribution in [3.63, 3.8) is 0 Å². The average molecular weight is 252 g/mol. The highest BCUT2D eigenvalue weighted by Gasteiger charge is 2.30. The number of ether oxygens (including phenoxy) is 1. The Morgan fingerprint density at radius 2 is 1.83 bits per heavy atom. The van der Waals surface area contributed by atoms with Crippen LogP contribution in [-0.4, -0.2) is 24.5 Å². The number of carbonyl (C=O) groups is 2. The van der Waals surface area contributed by atoms with Crippen LogP contribution in [0.4, 0.5) is 4.39 Å². The van der Waals surface area contributed by atoms with Crippen LogP contribution >= 0.6 is 0 Å². The van der Waals surface area contributed by atoms with Gasteiger partial charge in [0.15, 0.2) is 0 Å². The van der Waals surface area contributed by atoms with Crippen LogP contribution in [0.5, 0.6) is 0 Å². The monoisotopic (exact) mass is 252 g/mol. The molecule has 1 rings (SSSR count). The number of halogens is 1. The molecule has 0 radical (unpaired) electrons. The lowest BCUT2D eigenvalue weighted by Crippen LogP contribution is -2.29. The van der Waals surface area contributed by atoms with Crippen molar-refractivity contribution in [2.45, 2.75) is 33.4 Å². The van der Waals surface area contributed by atoms with Gasteiger partial charge >= 0.3 is 5.97 Å². The van der Waals surface area contributed by atoms with Crippen LogP contribution in [0, 0.1) is 13.8 Å². The van der Waals surface area contributed by atoms with Crippen LogP contribution in [0.1, 0.15) is 34.8 Å². The standard InChI is InChI=1S/C14H17FO3/c1-4-8-18-14(17)12(15)13(16)11-9(2)6-5-7-10(11)3/h5-7,12H,4,8H2,1-3H3. The molecule has 0 saturated heterocycles. The van der Waals surface area contributed by atoms with Crippen molar-refractivity contribution in [1.82, 2.24) is 0 Å². The Morgan fingerprint density at radius 1 is 1.28 bits per heavy atom. The summed E-state index contributed by atoms with van der Waals surface area (Å²) in [5.74, 6) is -1.93. The average Bonchev–Trinajstić information content (AvgIpc) is 2.34. The molecule has 18 heavy (non-hydrogen) atoms. The van der Waals surface area contributed by atoms with Gasteiger partial charge in [-0.1, -0.05) is 25.1 Å². The Hall–Kier alpha value is -1.71. The number of carbonyl (C=O) groups excluding carboxylic acids is 2. The maximum atomic E-state index is 13.7. The molecule has 0 amide bonds. The molecule has 0 aliphatic carbocycles. The lowest BCUT2D eigenvalue weighted by molar-refractivity contribution is -0.147. The molecule has 0 aromatic heterocycles. The first-order valence-electron chi connectivity index (χ1n) is 5.90. The second-order valence-corrected chi connectivity index (χ2v) is 4.16. The molecule has 0 aliphatic heterocycles. The highest BCUT2D eigenvalue weighted by molar-refractivity contribution is 6.12. The maximum absolute atomic E-state index is 13.7. The number of benzene rings is 1. The van der Waals surface area contributed by atoms with Gasteiger partial charge in [0.25, 0.3) is 6.17 Å². The van der Waals surface area contributed by atoms with Crippen LogP contribution in [-0.2, 0) is 9.53 Å². The summed E-state index contributed by atoms with van der Waals surface area (Å²) in [7, 11) is 0. The van der Waals surface area contributed by atoms with Crippen molar-refractivity contribution in [3.05, 3.63) is 34.9 Å². The largest absolute Gasteiger partial charge is 0.463 e. The van der Waals surface area contributed by atoms with Crippen molar-refractivity contribution in [2.75, 3.05) is 6.61 Å². The highest BCUT2D eigenvalue weighted by atomic mass is 19.1. The molecule has 1 atom stereocenters. The van der Waals surface area contributed by atoms with Gasteiger partial charge in [0, 0.05) is 5.56 Å². The van der Waals surface area contributed by atoms with Gasteiger partial charge in [0.1, 0.15) is 0 Å². The Morgan fingerprint density at radius 3 is 2.33 bits per heavy atom. The topological polar surface area (TPSA) is 43.4 Å². The van der Waals surface area contributed by atoms with Crippen LogP contribution in [0.25, 0.3) is 0 Å². The van der Waals surface area contributed by atoms with Crippen molar-refractivity contribution in [3.8, 4) is 0 Å². The summed E-state index contributed by atoms with van der Waals surface area (Å²) in [6.45, 7) is 5.35. The second kappa shape index (κ2) is 6.28. The summed E-state index contributed by atoms with van der Waals surface area (Å²) in [6, 6.07) is 5.21. The van der Waals surface area contributed by atoms with E-state index < -0.39 is 17.9 Å². The van der Waals surface area contributed by atoms with Gasteiger partial charge in [0.2, 0.25) is 5.78 Å². The van der Waals surface area contributed by atoms with Gasteiger partial charge in [-0.25, -0.2) is 9.18 Å². The van der Waals surface area contributed by atoms with E-state index in [0.29, 0.717) is 17.5 Å². The number of hydrogen-bond donors (Lipinski definition) is 0. The molecule has 1 unspecified atom stereocenters. The van der Waals surface area contributed by atoms with Crippen LogP contribution in [0.2, 0.25) is 0 Å². The fourth-order valence-electron chi connectivity index (χ4n) is 1.71. The number of alkyl halides is 1. The fourth-order valence-corrected chi connectivity index (χ4v) is 1.71. The van der Waals surface area contributed by atoms with Crippen molar-refractivity contribution in [2.24, 2.45) is 0 Å². The number of rotatable bonds is 5. The van der Waals surface area contributed by atoms with E-state index in [1.165, 1.54) is 0 Å². The molecule has 3 nitrogen and oxygen atoms in total. The Bertz CT molecular complexity index is 434. The van der Waals surface area contributed by atoms with Crippen LogP contribution in [0.15, 0.2) is 18.2 Å². The van der Waals surface area contributed by atoms with Gasteiger partial charge in [-0.3, -0.25) is 4.79 Å². The normalized spacial score (nSPS) is 12.0. The van der Waals surface area contributed by atoms with Crippen molar-refractivity contribution in [1.29, 1.82) is 0 Å². The number of esters is 1. The predicted octanol–water partition coefficient (Wildman–Crippen LogP) is 2.78. The van der Waals surface area contributed by atoms with Gasteiger partial charge in [0.05, 0.1) is 6.61 Å². The summed E-state index contributed by atoms with van der Waals surface area (Å²) in [4.78, 5) is 23.2. The summed E-state index contributed by atoms with van der Waals surface area (Å²) in [5, 5.41) is 0. The third kappa shape index (κ3) is 3.15. The van der Waals surface area contributed by atoms with E-state index in [2.05, 4.69) is 4.74 Å². The molecule has 0 spiro atoms. The van der Waals surface area contributed by atoms with E-state index in [0.717, 1.165) is 0 Å². The first-order chi connectivity index (χ1) is 8.49. The predicted molar refractivity (Wildman–Crippen MR) is 66.4 cm³/mol. The van der Waals surface area contributed by atoms with Crippen LogP contribution in [0.3, 0.4) is 0 Å². The van der Waals surface area contributed by atoms with Crippen molar-refractivity contribution >= 4 is 11.8 Å². The molecular formula is C14H17FO3. The Balaban J connectivity index is 2.90. The maximum Gasteiger partial charge on any atom is 0.349 e. The highest BCUT2D eigenvalue weighted by Crippen LogP contribution is 2.17. The lowest BCUT2D eigenvalue weighted by Gasteiger charge is -2.11. The molecule has 1 aromatic rings. The van der Waals surface area contributed by atoms with Gasteiger partial charge in [-0.15, -0.1) is 0 Å². The minimum atomic E-state index is -2.24. The van der Waals surface area contributed by atoms with E-state index in [1.54, 1.807) is 39.0 Å². The summed E-state index contributed by atoms with van der Waals surface area (Å²) < 4.78 is 18.4. The minimum Gasteiger partial charge on any atom is -0.463 e. The van der Waals surface area contributed by atoms with Crippen molar-refractivity contribution < 1.29 is 18.7 Å². The van der Waals surface area contributed by atoms with E-state index >= 15 is 0 Å². The molecule has 98 valence electrons. The first kappa shape index (κ1) is 14.4. The molecule has 0 fully saturated rings. The quantitative estimate of drug-likeness (QED) is 0.460. The van der Waals surface area contributed by atoms with E-state index in [9.17, 15) is 14.0 Å². The zero-order valence-corrected chi connectivity index (χ0v) is 10.8. The Kier molecular flexibility index (Phi) is 5.01. The number of aryl methyl sites for hydroxylation is 2. The lowest BCUT2D eigenvalue weighted by atomic mass is 9.97. The third-order valence-electron chi connectivity index (χ3n) is 2.61. The summed E-state index contributed by atoms with van der Waals surface area (Å²) >= 11 is 0. The summed E-state index contributed by atoms with van der Waals surface area (Å²) in [6.07, 6.45) is -1.65. The first-order valence-corrected chi connectivity index (χ1v) is 5.90. The molecular weight excluding hydrogens is 235 g/mol. The number of ketones is 1. The van der Waals surface area contributed by atoms with Gasteiger partial charge < -0.3 is 4.74 Å². The Labute approximate surface area is 106 Å². The van der Waals surface area contributed by atoms with E-state index in [1.807, 2.05) is 0 Å². The van der Waals surface area contributed by atoms with Gasteiger partial charge in [-0.05, 0) is 31.4 Å². The van der Waals surface area contributed by atoms with Crippen LogP contribution < -0.4 is 0 Å². The van der Waals surface area contributed by atoms with E-state index in [4.69, 9.17) is 0 Å². The number of Topliss-reactive ketones (excluding diaryl/α,β-unsaturated/α-hetero) is 1. The summed E-state index contributed by atoms with van der Waals surface area (Å²) in [5.41, 5.74) is 1.58. The number of hydrogen-bond acceptors (Lipinski definition) is 3. The minimum absolute atomic E-state index is 0.124. The molecule has 0 saturated carbocycles. The van der Waals surface area contributed by atoms with Gasteiger partial charge in [-0.2, -0.15) is 0 Å². The zero-order valence-electron chi connectivity index (χ0n) is 10.8. The third-order valence-corrected chi connectivity index (χ3v) is 2.61. The molecule has 0 heterocycles. The SMILES string of the molecule is CCCOC(=O)C(F)C(=O)c1c(C)cccc1C. The molecule has 0 N–H and O–H groups in total. The molecule has 0 bridgehead atoms. The smallest absolute Gasteiger partial charge is 0.349 e. The molecule has 4 heteroatoms. The fraction of sp³-hybridized carbons (Fsp3) is 0.429. The molecule has 1 aromatic carbocycles. The van der Waals surface area contributed by atoms with E-state index in [-0.39, 0.29) is 12.2 Å².